The Morgan fingerprint density at radius 1 is 1.24 bits per heavy atom. The molecule has 5 heteroatoms. The Balaban J connectivity index is 2.36. The van der Waals surface area contributed by atoms with E-state index in [1.807, 2.05) is 26.0 Å². The average molecular weight is 306 g/mol. The number of nitrogens with zero attached hydrogens (tertiary/aromatic N) is 2. The molecule has 0 aliphatic heterocycles. The van der Waals surface area contributed by atoms with Gasteiger partial charge in [0, 0.05) is 23.6 Å². The quantitative estimate of drug-likeness (QED) is 0.863. The molecule has 1 aromatic carbocycles. The summed E-state index contributed by atoms with van der Waals surface area (Å²) in [5, 5.41) is 3.84. The van der Waals surface area contributed by atoms with Crippen LogP contribution in [0.5, 0.6) is 11.6 Å². The number of nitrogens with one attached hydrogen (secondary N) is 1. The Bertz CT molecular complexity index is 629. The highest BCUT2D eigenvalue weighted by Gasteiger charge is 2.10. The molecule has 2 aromatic rings. The first kappa shape index (κ1) is 15.6. The number of hydrogen-bond donors (Lipinski definition) is 1. The largest absolute Gasteiger partial charge is 0.439 e. The minimum Gasteiger partial charge on any atom is -0.439 e. The van der Waals surface area contributed by atoms with Gasteiger partial charge < -0.3 is 10.1 Å². The fraction of sp³-hybridized carbons (Fsp3) is 0.375. The number of halogens is 1. The summed E-state index contributed by atoms with van der Waals surface area (Å²) in [5.41, 5.74) is 1.01. The minimum absolute atomic E-state index is 0.228. The smallest absolute Gasteiger partial charge is 0.224 e. The van der Waals surface area contributed by atoms with Gasteiger partial charge in [-0.05, 0) is 31.5 Å². The normalized spacial score (nSPS) is 10.8. The third kappa shape index (κ3) is 4.08. The van der Waals surface area contributed by atoms with E-state index in [4.69, 9.17) is 16.3 Å². The van der Waals surface area contributed by atoms with Crippen LogP contribution in [-0.2, 0) is 0 Å². The molecular weight excluding hydrogens is 286 g/mol. The maximum atomic E-state index is 6.02. The Kier molecular flexibility index (Phi) is 5.02. The molecule has 1 heterocycles. The van der Waals surface area contributed by atoms with Gasteiger partial charge in [-0.15, -0.1) is 0 Å². The number of hydrogen-bond acceptors (Lipinski definition) is 4. The van der Waals surface area contributed by atoms with Crippen molar-refractivity contribution in [3.05, 3.63) is 40.7 Å². The molecule has 4 nitrogen and oxygen atoms in total. The van der Waals surface area contributed by atoms with Crippen molar-refractivity contribution in [2.24, 2.45) is 0 Å². The summed E-state index contributed by atoms with van der Waals surface area (Å²) in [6.07, 6.45) is 0. The molecule has 0 spiro atoms. The highest BCUT2D eigenvalue weighted by Crippen LogP contribution is 2.28. The molecule has 2 rings (SSSR count). The predicted molar refractivity (Wildman–Crippen MR) is 86.5 cm³/mol. The van der Waals surface area contributed by atoms with Gasteiger partial charge in [0.05, 0.1) is 0 Å². The van der Waals surface area contributed by atoms with Crippen molar-refractivity contribution in [2.75, 3.05) is 11.9 Å². The monoisotopic (exact) mass is 305 g/mol. The molecule has 0 saturated heterocycles. The van der Waals surface area contributed by atoms with Gasteiger partial charge in [0.2, 0.25) is 5.88 Å². The Hall–Kier alpha value is -1.81. The van der Waals surface area contributed by atoms with Gasteiger partial charge in [0.15, 0.2) is 0 Å². The second-order valence-corrected chi connectivity index (χ2v) is 5.58. The Morgan fingerprint density at radius 2 is 2.00 bits per heavy atom. The van der Waals surface area contributed by atoms with Gasteiger partial charge in [0.25, 0.3) is 0 Å². The van der Waals surface area contributed by atoms with E-state index in [-0.39, 0.29) is 5.92 Å². The molecule has 1 N–H and O–H groups in total. The van der Waals surface area contributed by atoms with Crippen molar-refractivity contribution in [3.63, 3.8) is 0 Å². The van der Waals surface area contributed by atoms with Crippen LogP contribution in [0.4, 0.5) is 5.82 Å². The molecule has 112 valence electrons. The van der Waals surface area contributed by atoms with Crippen molar-refractivity contribution in [1.29, 1.82) is 0 Å². The molecule has 0 amide bonds. The van der Waals surface area contributed by atoms with Gasteiger partial charge >= 0.3 is 0 Å². The lowest BCUT2D eigenvalue weighted by Gasteiger charge is -2.12. The molecule has 1 aromatic heterocycles. The molecular formula is C16H20ClN3O. The topological polar surface area (TPSA) is 47.0 Å². The van der Waals surface area contributed by atoms with Crippen LogP contribution in [0.1, 0.15) is 38.1 Å². The number of aryl methyl sites for hydroxylation is 1. The van der Waals surface area contributed by atoms with Gasteiger partial charge in [-0.3, -0.25) is 0 Å². The lowest BCUT2D eigenvalue weighted by molar-refractivity contribution is 0.454. The Morgan fingerprint density at radius 3 is 2.67 bits per heavy atom. The van der Waals surface area contributed by atoms with Crippen LogP contribution in [0.2, 0.25) is 5.02 Å². The lowest BCUT2D eigenvalue weighted by atomic mass is 10.2. The van der Waals surface area contributed by atoms with Crippen molar-refractivity contribution in [2.45, 2.75) is 33.6 Å². The zero-order valence-electron chi connectivity index (χ0n) is 12.8. The van der Waals surface area contributed by atoms with E-state index in [2.05, 4.69) is 29.1 Å². The third-order valence-electron chi connectivity index (χ3n) is 2.96. The van der Waals surface area contributed by atoms with Gasteiger partial charge in [-0.25, -0.2) is 4.98 Å². The standard InChI is InChI=1S/C16H20ClN3O/c1-5-18-14-9-15(20-16(19-14)10(2)3)21-13-8-12(17)7-6-11(13)4/h6-10H,5H2,1-4H3,(H,18,19,20). The van der Waals surface area contributed by atoms with E-state index >= 15 is 0 Å². The number of benzene rings is 1. The molecule has 0 fully saturated rings. The van der Waals surface area contributed by atoms with Gasteiger partial charge in [-0.2, -0.15) is 4.98 Å². The summed E-state index contributed by atoms with van der Waals surface area (Å²) in [5.74, 6) is 2.98. The zero-order chi connectivity index (χ0) is 15.4. The van der Waals surface area contributed by atoms with Crippen LogP contribution in [0, 0.1) is 6.92 Å². The fourth-order valence-electron chi connectivity index (χ4n) is 1.82. The summed E-state index contributed by atoms with van der Waals surface area (Å²) >= 11 is 6.02. The predicted octanol–water partition coefficient (Wildman–Crippen LogP) is 4.79. The molecule has 0 atom stereocenters. The lowest BCUT2D eigenvalue weighted by Crippen LogP contribution is -2.06. The molecule has 0 saturated carbocycles. The molecule has 0 bridgehead atoms. The fourth-order valence-corrected chi connectivity index (χ4v) is 1.98. The summed E-state index contributed by atoms with van der Waals surface area (Å²) in [6, 6.07) is 7.36. The second-order valence-electron chi connectivity index (χ2n) is 5.15. The average Bonchev–Trinajstić information content (AvgIpc) is 2.43. The van der Waals surface area contributed by atoms with Crippen LogP contribution in [-0.4, -0.2) is 16.5 Å². The molecule has 21 heavy (non-hydrogen) atoms. The minimum atomic E-state index is 0.228. The molecule has 0 aliphatic carbocycles. The van der Waals surface area contributed by atoms with Gasteiger partial charge in [0.1, 0.15) is 17.4 Å². The van der Waals surface area contributed by atoms with E-state index in [9.17, 15) is 0 Å². The first-order valence-corrected chi connectivity index (χ1v) is 7.44. The van der Waals surface area contributed by atoms with E-state index in [0.717, 1.165) is 23.8 Å². The summed E-state index contributed by atoms with van der Waals surface area (Å²) in [4.78, 5) is 8.94. The van der Waals surface area contributed by atoms with E-state index in [0.29, 0.717) is 16.7 Å². The van der Waals surface area contributed by atoms with Crippen molar-refractivity contribution in [3.8, 4) is 11.6 Å². The number of anilines is 1. The van der Waals surface area contributed by atoms with Crippen LogP contribution in [0.3, 0.4) is 0 Å². The highest BCUT2D eigenvalue weighted by atomic mass is 35.5. The summed E-state index contributed by atoms with van der Waals surface area (Å²) < 4.78 is 5.89. The third-order valence-corrected chi connectivity index (χ3v) is 3.19. The maximum absolute atomic E-state index is 6.02. The van der Waals surface area contributed by atoms with E-state index < -0.39 is 0 Å². The summed E-state index contributed by atoms with van der Waals surface area (Å²) in [7, 11) is 0. The zero-order valence-corrected chi connectivity index (χ0v) is 13.5. The van der Waals surface area contributed by atoms with Crippen LogP contribution in [0.25, 0.3) is 0 Å². The number of rotatable bonds is 5. The first-order chi connectivity index (χ1) is 9.99. The van der Waals surface area contributed by atoms with Gasteiger partial charge in [-0.1, -0.05) is 31.5 Å². The van der Waals surface area contributed by atoms with Crippen molar-refractivity contribution >= 4 is 17.4 Å². The van der Waals surface area contributed by atoms with Crippen LogP contribution in [0.15, 0.2) is 24.3 Å². The summed E-state index contributed by atoms with van der Waals surface area (Å²) in [6.45, 7) is 8.91. The highest BCUT2D eigenvalue weighted by molar-refractivity contribution is 6.30. The van der Waals surface area contributed by atoms with E-state index in [1.54, 1.807) is 12.1 Å². The van der Waals surface area contributed by atoms with Crippen LogP contribution < -0.4 is 10.1 Å². The van der Waals surface area contributed by atoms with E-state index in [1.165, 1.54) is 0 Å². The molecule has 0 unspecified atom stereocenters. The van der Waals surface area contributed by atoms with Crippen molar-refractivity contribution < 1.29 is 4.74 Å². The molecule has 0 radical (unpaired) electrons. The van der Waals surface area contributed by atoms with Crippen LogP contribution >= 0.6 is 11.6 Å². The SMILES string of the molecule is CCNc1cc(Oc2cc(Cl)ccc2C)nc(C(C)C)n1. The Labute approximate surface area is 130 Å². The number of ether oxygens (including phenoxy) is 1. The maximum Gasteiger partial charge on any atom is 0.224 e. The van der Waals surface area contributed by atoms with Crippen molar-refractivity contribution in [1.82, 2.24) is 9.97 Å². The number of aromatic nitrogens is 2. The first-order valence-electron chi connectivity index (χ1n) is 7.06. The molecule has 0 aliphatic rings. The second kappa shape index (κ2) is 6.76.